The van der Waals surface area contributed by atoms with Crippen molar-refractivity contribution in [2.75, 3.05) is 5.73 Å². The molecule has 0 heterocycles. The molecule has 0 bridgehead atoms. The van der Waals surface area contributed by atoms with Crippen LogP contribution >= 0.6 is 11.6 Å². The summed E-state index contributed by atoms with van der Waals surface area (Å²) in [5, 5.41) is 8.96. The van der Waals surface area contributed by atoms with Crippen molar-refractivity contribution in [2.24, 2.45) is 0 Å². The maximum atomic E-state index is 8.51. The highest BCUT2D eigenvalue weighted by Gasteiger charge is 2.05. The molecular formula is C9H9ClN2O. The number of benzene rings is 1. The Morgan fingerprint density at radius 1 is 1.62 bits per heavy atom. The van der Waals surface area contributed by atoms with Gasteiger partial charge in [-0.25, -0.2) is 0 Å². The predicted molar refractivity (Wildman–Crippen MR) is 51.6 cm³/mol. The third-order valence-electron chi connectivity index (χ3n) is 1.44. The molecule has 2 N–H and O–H groups in total. The van der Waals surface area contributed by atoms with Crippen molar-refractivity contribution >= 4 is 17.3 Å². The molecule has 4 heteroatoms. The number of halogens is 1. The van der Waals surface area contributed by atoms with Gasteiger partial charge < -0.3 is 10.5 Å². The molecule has 1 unspecified atom stereocenters. The van der Waals surface area contributed by atoms with E-state index >= 15 is 0 Å². The Hall–Kier alpha value is -1.40. The Balaban J connectivity index is 2.88. The molecule has 0 saturated heterocycles. The van der Waals surface area contributed by atoms with Crippen molar-refractivity contribution in [1.29, 1.82) is 5.26 Å². The molecule has 0 aromatic heterocycles. The topological polar surface area (TPSA) is 59.0 Å². The average Bonchev–Trinajstić information content (AvgIpc) is 2.11. The summed E-state index contributed by atoms with van der Waals surface area (Å²) in [6, 6.07) is 6.84. The maximum Gasteiger partial charge on any atom is 0.181 e. The standard InChI is InChI=1S/C9H9ClN2O/c1-6(5-11)13-9-4-7(12)2-3-8(9)10/h2-4,6H,12H2,1H3. The van der Waals surface area contributed by atoms with E-state index in [4.69, 9.17) is 27.3 Å². The van der Waals surface area contributed by atoms with Crippen molar-refractivity contribution < 1.29 is 4.74 Å². The van der Waals surface area contributed by atoms with Crippen LogP contribution in [0.4, 0.5) is 5.69 Å². The van der Waals surface area contributed by atoms with Gasteiger partial charge in [-0.3, -0.25) is 0 Å². The molecule has 1 aromatic rings. The van der Waals surface area contributed by atoms with Gasteiger partial charge in [0, 0.05) is 11.8 Å². The first-order valence-corrected chi connectivity index (χ1v) is 4.12. The van der Waals surface area contributed by atoms with Gasteiger partial charge in [0.05, 0.1) is 5.02 Å². The fraction of sp³-hybridized carbons (Fsp3) is 0.222. The van der Waals surface area contributed by atoms with Gasteiger partial charge in [0.25, 0.3) is 0 Å². The number of rotatable bonds is 2. The summed E-state index contributed by atoms with van der Waals surface area (Å²) >= 11 is 5.81. The monoisotopic (exact) mass is 196 g/mol. The number of hydrogen-bond donors (Lipinski definition) is 1. The average molecular weight is 197 g/mol. The van der Waals surface area contributed by atoms with Crippen molar-refractivity contribution in [3.8, 4) is 11.8 Å². The molecule has 1 atom stereocenters. The molecule has 0 aliphatic rings. The third-order valence-corrected chi connectivity index (χ3v) is 1.75. The van der Waals surface area contributed by atoms with E-state index in [0.717, 1.165) is 0 Å². The van der Waals surface area contributed by atoms with Crippen molar-refractivity contribution in [2.45, 2.75) is 13.0 Å². The predicted octanol–water partition coefficient (Wildman–Crippen LogP) is 2.21. The molecule has 3 nitrogen and oxygen atoms in total. The Bertz CT molecular complexity index is 346. The highest BCUT2D eigenvalue weighted by molar-refractivity contribution is 6.32. The van der Waals surface area contributed by atoms with E-state index in [1.165, 1.54) is 0 Å². The van der Waals surface area contributed by atoms with E-state index in [9.17, 15) is 0 Å². The van der Waals surface area contributed by atoms with Crippen LogP contribution in [0.15, 0.2) is 18.2 Å². The summed E-state index contributed by atoms with van der Waals surface area (Å²) in [5.74, 6) is 0.440. The lowest BCUT2D eigenvalue weighted by atomic mass is 10.3. The van der Waals surface area contributed by atoms with Gasteiger partial charge >= 0.3 is 0 Å². The van der Waals surface area contributed by atoms with Gasteiger partial charge in [-0.05, 0) is 19.1 Å². The second-order valence-corrected chi connectivity index (χ2v) is 2.99. The van der Waals surface area contributed by atoms with Crippen LogP contribution in [0.1, 0.15) is 6.92 Å². The fourth-order valence-corrected chi connectivity index (χ4v) is 0.989. The molecule has 0 radical (unpaired) electrons. The highest BCUT2D eigenvalue weighted by atomic mass is 35.5. The second-order valence-electron chi connectivity index (χ2n) is 2.58. The normalized spacial score (nSPS) is 11.8. The number of nitrogens with two attached hydrogens (primary N) is 1. The van der Waals surface area contributed by atoms with Gasteiger partial charge in [0.1, 0.15) is 11.8 Å². The molecular weight excluding hydrogens is 188 g/mol. The molecule has 0 fully saturated rings. The SMILES string of the molecule is CC(C#N)Oc1cc(N)ccc1Cl. The zero-order valence-electron chi connectivity index (χ0n) is 7.12. The molecule has 0 saturated carbocycles. The first-order valence-electron chi connectivity index (χ1n) is 3.75. The molecule has 0 amide bonds. The largest absolute Gasteiger partial charge is 0.474 e. The quantitative estimate of drug-likeness (QED) is 0.738. The van der Waals surface area contributed by atoms with Crippen LogP contribution in [-0.2, 0) is 0 Å². The molecule has 1 rings (SSSR count). The van der Waals surface area contributed by atoms with E-state index in [-0.39, 0.29) is 0 Å². The Morgan fingerprint density at radius 2 is 2.31 bits per heavy atom. The van der Waals surface area contributed by atoms with Crippen LogP contribution in [0.3, 0.4) is 0 Å². The zero-order chi connectivity index (χ0) is 9.84. The first kappa shape index (κ1) is 9.69. The molecule has 1 aromatic carbocycles. The zero-order valence-corrected chi connectivity index (χ0v) is 7.88. The van der Waals surface area contributed by atoms with Crippen LogP contribution in [0.5, 0.6) is 5.75 Å². The van der Waals surface area contributed by atoms with Crippen LogP contribution in [0.25, 0.3) is 0 Å². The minimum absolute atomic E-state index is 0.440. The van der Waals surface area contributed by atoms with Crippen LogP contribution < -0.4 is 10.5 Å². The van der Waals surface area contributed by atoms with Crippen LogP contribution in [-0.4, -0.2) is 6.10 Å². The third kappa shape index (κ3) is 2.53. The summed E-state index contributed by atoms with van der Waals surface area (Å²) in [6.07, 6.45) is -0.528. The van der Waals surface area contributed by atoms with Crippen molar-refractivity contribution in [1.82, 2.24) is 0 Å². The van der Waals surface area contributed by atoms with E-state index in [2.05, 4.69) is 0 Å². The maximum absolute atomic E-state index is 8.51. The van der Waals surface area contributed by atoms with Crippen LogP contribution in [0, 0.1) is 11.3 Å². The van der Waals surface area contributed by atoms with E-state index < -0.39 is 6.10 Å². The highest BCUT2D eigenvalue weighted by Crippen LogP contribution is 2.27. The Labute approximate surface area is 81.7 Å². The van der Waals surface area contributed by atoms with Crippen LogP contribution in [0.2, 0.25) is 5.02 Å². The minimum Gasteiger partial charge on any atom is -0.474 e. The van der Waals surface area contributed by atoms with E-state index in [1.54, 1.807) is 25.1 Å². The van der Waals surface area contributed by atoms with Crippen molar-refractivity contribution in [3.63, 3.8) is 0 Å². The van der Waals surface area contributed by atoms with Gasteiger partial charge in [-0.1, -0.05) is 11.6 Å². The second kappa shape index (κ2) is 4.01. The Morgan fingerprint density at radius 3 is 2.92 bits per heavy atom. The Kier molecular flexibility index (Phi) is 2.99. The van der Waals surface area contributed by atoms with Gasteiger partial charge in [0.2, 0.25) is 0 Å². The van der Waals surface area contributed by atoms with E-state index in [1.807, 2.05) is 6.07 Å². The number of hydrogen-bond acceptors (Lipinski definition) is 3. The lowest BCUT2D eigenvalue weighted by Crippen LogP contribution is -2.08. The van der Waals surface area contributed by atoms with Crippen molar-refractivity contribution in [3.05, 3.63) is 23.2 Å². The number of nitrogen functional groups attached to an aromatic ring is 1. The summed E-state index contributed by atoms with van der Waals surface area (Å²) in [6.45, 7) is 1.64. The lowest BCUT2D eigenvalue weighted by Gasteiger charge is -2.09. The van der Waals surface area contributed by atoms with Gasteiger partial charge in [-0.15, -0.1) is 0 Å². The fourth-order valence-electron chi connectivity index (χ4n) is 0.827. The summed E-state index contributed by atoms with van der Waals surface area (Å²) < 4.78 is 5.20. The molecule has 0 spiro atoms. The van der Waals surface area contributed by atoms with Gasteiger partial charge in [0.15, 0.2) is 6.10 Å². The molecule has 0 aliphatic heterocycles. The van der Waals surface area contributed by atoms with E-state index in [0.29, 0.717) is 16.5 Å². The smallest absolute Gasteiger partial charge is 0.181 e. The first-order chi connectivity index (χ1) is 6.13. The summed E-state index contributed by atoms with van der Waals surface area (Å²) in [4.78, 5) is 0. The minimum atomic E-state index is -0.528. The number of nitriles is 1. The molecule has 68 valence electrons. The molecule has 0 aliphatic carbocycles. The summed E-state index contributed by atoms with van der Waals surface area (Å²) in [5.41, 5.74) is 6.08. The molecule has 13 heavy (non-hydrogen) atoms. The lowest BCUT2D eigenvalue weighted by molar-refractivity contribution is 0.277. The number of nitrogens with zero attached hydrogens (tertiary/aromatic N) is 1. The summed E-state index contributed by atoms with van der Waals surface area (Å²) in [7, 11) is 0. The number of anilines is 1. The van der Waals surface area contributed by atoms with Gasteiger partial charge in [-0.2, -0.15) is 5.26 Å². The number of ether oxygens (including phenoxy) is 1.